The fraction of sp³-hybridized carbons (Fsp3) is 0.364. The van der Waals surface area contributed by atoms with E-state index in [2.05, 4.69) is 0 Å². The molecule has 0 aromatic heterocycles. The van der Waals surface area contributed by atoms with Crippen LogP contribution in [0, 0.1) is 0 Å². The zero-order valence-corrected chi connectivity index (χ0v) is 10.6. The van der Waals surface area contributed by atoms with Crippen molar-refractivity contribution < 1.29 is 23.5 Å². The van der Waals surface area contributed by atoms with E-state index in [0.717, 1.165) is 0 Å². The minimum absolute atomic E-state index is 0.111. The Balaban J connectivity index is 2.76. The molecule has 0 aliphatic heterocycles. The highest BCUT2D eigenvalue weighted by Gasteiger charge is 2.29. The highest BCUT2D eigenvalue weighted by Crippen LogP contribution is 2.48. The normalized spacial score (nSPS) is 15.9. The molecule has 0 heterocycles. The largest absolute Gasteiger partial charge is 0.479 e. The molecule has 1 aromatic rings. The van der Waals surface area contributed by atoms with E-state index < -0.39 is 19.7 Å². The highest BCUT2D eigenvalue weighted by atomic mass is 31.2. The summed E-state index contributed by atoms with van der Waals surface area (Å²) >= 11 is 0. The first-order valence-corrected chi connectivity index (χ1v) is 6.94. The van der Waals surface area contributed by atoms with Crippen LogP contribution in [0.2, 0.25) is 0 Å². The minimum atomic E-state index is -3.41. The van der Waals surface area contributed by atoms with Gasteiger partial charge in [-0.2, -0.15) is 0 Å². The summed E-state index contributed by atoms with van der Waals surface area (Å²) in [6, 6.07) is 8.53. The van der Waals surface area contributed by atoms with Gasteiger partial charge in [-0.15, -0.1) is 0 Å². The van der Waals surface area contributed by atoms with E-state index in [1.807, 2.05) is 0 Å². The third kappa shape index (κ3) is 4.21. The van der Waals surface area contributed by atoms with E-state index in [1.54, 1.807) is 37.3 Å². The van der Waals surface area contributed by atoms with Crippen LogP contribution in [0.25, 0.3) is 0 Å². The van der Waals surface area contributed by atoms with Gasteiger partial charge >= 0.3 is 13.6 Å². The summed E-state index contributed by atoms with van der Waals surface area (Å²) in [5.74, 6) is -0.773. The summed E-state index contributed by atoms with van der Waals surface area (Å²) in [5.41, 5.74) is 0. The summed E-state index contributed by atoms with van der Waals surface area (Å²) < 4.78 is 22.4. The summed E-state index contributed by atoms with van der Waals surface area (Å²) in [6.07, 6.45) is -1.05. The molecular weight excluding hydrogens is 243 g/mol. The molecule has 17 heavy (non-hydrogen) atoms. The number of rotatable bonds is 6. The summed E-state index contributed by atoms with van der Waals surface area (Å²) in [4.78, 5) is 10.6. The first-order valence-electron chi connectivity index (χ1n) is 5.22. The van der Waals surface area contributed by atoms with E-state index in [9.17, 15) is 9.36 Å². The van der Waals surface area contributed by atoms with Crippen molar-refractivity contribution in [2.24, 2.45) is 0 Å². The van der Waals surface area contributed by atoms with Crippen LogP contribution in [-0.2, 0) is 13.9 Å². The Bertz CT molecular complexity index is 417. The van der Waals surface area contributed by atoms with Crippen molar-refractivity contribution in [1.82, 2.24) is 0 Å². The van der Waals surface area contributed by atoms with E-state index in [0.29, 0.717) is 5.75 Å². The Morgan fingerprint density at radius 2 is 2.00 bits per heavy atom. The average molecular weight is 258 g/mol. The smallest absolute Gasteiger partial charge is 0.379 e. The zero-order valence-electron chi connectivity index (χ0n) is 9.70. The van der Waals surface area contributed by atoms with Crippen molar-refractivity contribution >= 4 is 13.6 Å². The van der Waals surface area contributed by atoms with Crippen LogP contribution in [0.15, 0.2) is 30.3 Å². The third-order valence-electron chi connectivity index (χ3n) is 2.04. The second-order valence-electron chi connectivity index (χ2n) is 3.42. The van der Waals surface area contributed by atoms with E-state index in [1.165, 1.54) is 6.92 Å². The number of carboxylic acid groups (broad SMARTS) is 1. The number of para-hydroxylation sites is 1. The molecule has 0 saturated heterocycles. The molecule has 1 N–H and O–H groups in total. The lowest BCUT2D eigenvalue weighted by Gasteiger charge is -2.19. The lowest BCUT2D eigenvalue weighted by atomic mass is 10.3. The van der Waals surface area contributed by atoms with Gasteiger partial charge in [0.05, 0.1) is 6.16 Å². The van der Waals surface area contributed by atoms with E-state index in [-0.39, 0.29) is 6.16 Å². The standard InChI is InChI=1S/C11H15O5P/c1-3-17(14,15-9(2)11(12)13)16-10-7-5-4-6-8-10/h4-9H,3H2,1-2H3,(H,12,13). The molecule has 94 valence electrons. The van der Waals surface area contributed by atoms with Crippen molar-refractivity contribution in [1.29, 1.82) is 0 Å². The van der Waals surface area contributed by atoms with E-state index in [4.69, 9.17) is 14.2 Å². The monoisotopic (exact) mass is 258 g/mol. The molecule has 0 radical (unpaired) electrons. The lowest BCUT2D eigenvalue weighted by molar-refractivity contribution is -0.144. The number of aliphatic carboxylic acids is 1. The molecule has 0 aliphatic rings. The molecular formula is C11H15O5P. The third-order valence-corrected chi connectivity index (χ3v) is 3.94. The quantitative estimate of drug-likeness (QED) is 0.794. The van der Waals surface area contributed by atoms with Crippen LogP contribution in [0.1, 0.15) is 13.8 Å². The second kappa shape index (κ2) is 5.84. The maximum atomic E-state index is 12.2. The predicted octanol–water partition coefficient (Wildman–Crippen LogP) is 2.77. The molecule has 0 amide bonds. The summed E-state index contributed by atoms with van der Waals surface area (Å²) in [6.45, 7) is 2.94. The first-order chi connectivity index (χ1) is 7.97. The Labute approximate surface area is 99.9 Å². The molecule has 5 nitrogen and oxygen atoms in total. The number of hydrogen-bond donors (Lipinski definition) is 1. The van der Waals surface area contributed by atoms with Crippen molar-refractivity contribution in [3.05, 3.63) is 30.3 Å². The van der Waals surface area contributed by atoms with Crippen molar-refractivity contribution in [3.8, 4) is 5.75 Å². The van der Waals surface area contributed by atoms with Gasteiger partial charge in [0.2, 0.25) is 0 Å². The molecule has 1 aromatic carbocycles. The number of benzene rings is 1. The molecule has 0 bridgehead atoms. The Morgan fingerprint density at radius 1 is 1.41 bits per heavy atom. The zero-order chi connectivity index (χ0) is 12.9. The highest BCUT2D eigenvalue weighted by molar-refractivity contribution is 7.54. The van der Waals surface area contributed by atoms with Crippen LogP contribution < -0.4 is 4.52 Å². The van der Waals surface area contributed by atoms with Crippen LogP contribution in [0.3, 0.4) is 0 Å². The van der Waals surface area contributed by atoms with Gasteiger partial charge in [-0.25, -0.2) is 9.36 Å². The molecule has 2 unspecified atom stereocenters. The van der Waals surface area contributed by atoms with Gasteiger partial charge in [-0.05, 0) is 19.1 Å². The molecule has 1 rings (SSSR count). The number of carbonyl (C=O) groups is 1. The van der Waals surface area contributed by atoms with Gasteiger partial charge in [0.15, 0.2) is 6.10 Å². The number of hydrogen-bond acceptors (Lipinski definition) is 4. The maximum absolute atomic E-state index is 12.2. The van der Waals surface area contributed by atoms with Crippen LogP contribution in [0.4, 0.5) is 0 Å². The molecule has 0 aliphatic carbocycles. The van der Waals surface area contributed by atoms with Gasteiger partial charge in [0, 0.05) is 0 Å². The predicted molar refractivity (Wildman–Crippen MR) is 63.4 cm³/mol. The molecule has 0 saturated carbocycles. The van der Waals surface area contributed by atoms with Gasteiger partial charge < -0.3 is 9.63 Å². The van der Waals surface area contributed by atoms with Gasteiger partial charge in [-0.1, -0.05) is 25.1 Å². The lowest BCUT2D eigenvalue weighted by Crippen LogP contribution is -2.20. The SMILES string of the molecule is CCP(=O)(Oc1ccccc1)OC(C)C(=O)O. The molecule has 0 spiro atoms. The van der Waals surface area contributed by atoms with Crippen molar-refractivity contribution in [3.63, 3.8) is 0 Å². The van der Waals surface area contributed by atoms with Crippen LogP contribution in [0.5, 0.6) is 5.75 Å². The first kappa shape index (κ1) is 13.7. The van der Waals surface area contributed by atoms with Crippen molar-refractivity contribution in [2.75, 3.05) is 6.16 Å². The Hall–Kier alpha value is -1.32. The second-order valence-corrected chi connectivity index (χ2v) is 5.67. The van der Waals surface area contributed by atoms with Crippen LogP contribution >= 0.6 is 7.60 Å². The molecule has 6 heteroatoms. The van der Waals surface area contributed by atoms with Crippen LogP contribution in [-0.4, -0.2) is 23.3 Å². The maximum Gasteiger partial charge on any atom is 0.379 e. The Kier molecular flexibility index (Phi) is 4.73. The molecule has 0 fully saturated rings. The van der Waals surface area contributed by atoms with Gasteiger partial charge in [-0.3, -0.25) is 4.52 Å². The minimum Gasteiger partial charge on any atom is -0.479 e. The topological polar surface area (TPSA) is 72.8 Å². The number of carboxylic acids is 1. The summed E-state index contributed by atoms with van der Waals surface area (Å²) in [5, 5.41) is 8.71. The van der Waals surface area contributed by atoms with E-state index >= 15 is 0 Å². The average Bonchev–Trinajstić information content (AvgIpc) is 2.30. The Morgan fingerprint density at radius 3 is 2.47 bits per heavy atom. The van der Waals surface area contributed by atoms with Gasteiger partial charge in [0.25, 0.3) is 0 Å². The summed E-state index contributed by atoms with van der Waals surface area (Å²) in [7, 11) is -3.41. The van der Waals surface area contributed by atoms with Crippen molar-refractivity contribution in [2.45, 2.75) is 20.0 Å². The fourth-order valence-electron chi connectivity index (χ4n) is 1.09. The van der Waals surface area contributed by atoms with Gasteiger partial charge in [0.1, 0.15) is 5.75 Å². The fourth-order valence-corrected chi connectivity index (χ4v) is 2.42. The molecule has 2 atom stereocenters.